The van der Waals surface area contributed by atoms with E-state index in [1.807, 2.05) is 44.2 Å². The van der Waals surface area contributed by atoms with Crippen LogP contribution in [0.2, 0.25) is 0 Å². The van der Waals surface area contributed by atoms with Gasteiger partial charge in [0.2, 0.25) is 0 Å². The first-order valence-corrected chi connectivity index (χ1v) is 8.58. The van der Waals surface area contributed by atoms with E-state index in [-0.39, 0.29) is 5.91 Å². The van der Waals surface area contributed by atoms with Gasteiger partial charge in [-0.15, -0.1) is 11.3 Å². The highest BCUT2D eigenvalue weighted by atomic mass is 32.2. The standard InChI is InChI=1S/C17H16N2OS2/c1-10-5-4-6-11(2)15(10)18-17-19-16(20)14(22-17)9-13-8-7-12(3)21-13/h4-9H,1-3H3,(H,18,19,20)/b14-9-. The van der Waals surface area contributed by atoms with Crippen LogP contribution >= 0.6 is 23.1 Å². The summed E-state index contributed by atoms with van der Waals surface area (Å²) in [5.74, 6) is -0.0824. The third-order valence-corrected chi connectivity index (χ3v) is 5.20. The molecule has 2 aromatic rings. The second-order valence-electron chi connectivity index (χ2n) is 5.17. The van der Waals surface area contributed by atoms with Crippen molar-refractivity contribution >= 4 is 45.9 Å². The van der Waals surface area contributed by atoms with Gasteiger partial charge in [-0.05, 0) is 61.9 Å². The summed E-state index contributed by atoms with van der Waals surface area (Å²) in [6, 6.07) is 10.2. The molecule has 0 radical (unpaired) electrons. The van der Waals surface area contributed by atoms with Gasteiger partial charge < -0.3 is 5.32 Å². The van der Waals surface area contributed by atoms with E-state index in [0.717, 1.165) is 21.7 Å². The van der Waals surface area contributed by atoms with Gasteiger partial charge in [0.25, 0.3) is 5.91 Å². The number of rotatable bonds is 2. The lowest BCUT2D eigenvalue weighted by Gasteiger charge is -2.04. The SMILES string of the molecule is Cc1ccc(/C=C2\SC(=Nc3c(C)cccc3C)NC2=O)s1. The van der Waals surface area contributed by atoms with Crippen molar-refractivity contribution in [2.45, 2.75) is 20.8 Å². The Morgan fingerprint density at radius 1 is 1.09 bits per heavy atom. The summed E-state index contributed by atoms with van der Waals surface area (Å²) < 4.78 is 0. The number of carbonyl (C=O) groups excluding carboxylic acids is 1. The number of thioether (sulfide) groups is 1. The summed E-state index contributed by atoms with van der Waals surface area (Å²) in [7, 11) is 0. The van der Waals surface area contributed by atoms with Crippen molar-refractivity contribution in [3.8, 4) is 0 Å². The van der Waals surface area contributed by atoms with E-state index in [9.17, 15) is 4.79 Å². The van der Waals surface area contributed by atoms with Gasteiger partial charge in [0, 0.05) is 9.75 Å². The molecule has 5 heteroatoms. The van der Waals surface area contributed by atoms with E-state index in [4.69, 9.17) is 0 Å². The Kier molecular flexibility index (Phi) is 4.18. The molecule has 1 saturated heterocycles. The van der Waals surface area contributed by atoms with Gasteiger partial charge >= 0.3 is 0 Å². The molecule has 1 aromatic carbocycles. The monoisotopic (exact) mass is 328 g/mol. The molecule has 2 heterocycles. The highest BCUT2D eigenvalue weighted by Crippen LogP contribution is 2.31. The topological polar surface area (TPSA) is 41.5 Å². The summed E-state index contributed by atoms with van der Waals surface area (Å²) in [4.78, 5) is 19.7. The molecule has 112 valence electrons. The Hall–Kier alpha value is -1.85. The number of thiophene rings is 1. The number of aliphatic imine (C=N–C) groups is 1. The Balaban J connectivity index is 1.88. The number of amides is 1. The molecule has 0 atom stereocenters. The quantitative estimate of drug-likeness (QED) is 0.821. The number of carbonyl (C=O) groups is 1. The van der Waals surface area contributed by atoms with Gasteiger partial charge in [-0.2, -0.15) is 0 Å². The van der Waals surface area contributed by atoms with E-state index < -0.39 is 0 Å². The molecule has 0 bridgehead atoms. The largest absolute Gasteiger partial charge is 0.300 e. The van der Waals surface area contributed by atoms with Crippen molar-refractivity contribution in [1.82, 2.24) is 5.32 Å². The maximum absolute atomic E-state index is 12.1. The second-order valence-corrected chi connectivity index (χ2v) is 7.52. The molecule has 1 N–H and O–H groups in total. The van der Waals surface area contributed by atoms with E-state index in [0.29, 0.717) is 10.1 Å². The van der Waals surface area contributed by atoms with Crippen LogP contribution in [0.25, 0.3) is 6.08 Å². The molecule has 0 aliphatic carbocycles. The van der Waals surface area contributed by atoms with Crippen LogP contribution < -0.4 is 5.32 Å². The van der Waals surface area contributed by atoms with Crippen LogP contribution in [0.3, 0.4) is 0 Å². The average Bonchev–Trinajstić information content (AvgIpc) is 3.01. The van der Waals surface area contributed by atoms with Crippen molar-refractivity contribution in [2.75, 3.05) is 0 Å². The lowest BCUT2D eigenvalue weighted by Crippen LogP contribution is -2.19. The molecule has 0 unspecified atom stereocenters. The van der Waals surface area contributed by atoms with Gasteiger partial charge in [0.05, 0.1) is 10.6 Å². The van der Waals surface area contributed by atoms with Crippen LogP contribution in [-0.2, 0) is 4.79 Å². The smallest absolute Gasteiger partial charge is 0.264 e. The molecule has 1 amide bonds. The van der Waals surface area contributed by atoms with Gasteiger partial charge in [0.15, 0.2) is 5.17 Å². The van der Waals surface area contributed by atoms with Crippen LogP contribution in [0.15, 0.2) is 40.2 Å². The first-order chi connectivity index (χ1) is 10.5. The third kappa shape index (κ3) is 3.15. The Bertz CT molecular complexity index is 782. The van der Waals surface area contributed by atoms with E-state index >= 15 is 0 Å². The summed E-state index contributed by atoms with van der Waals surface area (Å²) in [6.45, 7) is 6.11. The summed E-state index contributed by atoms with van der Waals surface area (Å²) in [5.41, 5.74) is 3.14. The molecule has 1 aromatic heterocycles. The fraction of sp³-hybridized carbons (Fsp3) is 0.176. The Morgan fingerprint density at radius 3 is 2.45 bits per heavy atom. The minimum absolute atomic E-state index is 0.0824. The third-order valence-electron chi connectivity index (χ3n) is 3.34. The van der Waals surface area contributed by atoms with Crippen LogP contribution in [0.4, 0.5) is 5.69 Å². The van der Waals surface area contributed by atoms with E-state index in [1.54, 1.807) is 11.3 Å². The fourth-order valence-electron chi connectivity index (χ4n) is 2.22. The maximum atomic E-state index is 12.1. The number of nitrogens with one attached hydrogen (secondary N) is 1. The van der Waals surface area contributed by atoms with E-state index in [1.165, 1.54) is 16.6 Å². The maximum Gasteiger partial charge on any atom is 0.264 e. The van der Waals surface area contributed by atoms with Gasteiger partial charge in [0.1, 0.15) is 0 Å². The van der Waals surface area contributed by atoms with Crippen LogP contribution in [0, 0.1) is 20.8 Å². The van der Waals surface area contributed by atoms with Crippen molar-refractivity contribution in [3.63, 3.8) is 0 Å². The second kappa shape index (κ2) is 6.10. The zero-order valence-corrected chi connectivity index (χ0v) is 14.3. The molecule has 3 rings (SSSR count). The minimum Gasteiger partial charge on any atom is -0.300 e. The Labute approximate surface area is 138 Å². The molecule has 22 heavy (non-hydrogen) atoms. The summed E-state index contributed by atoms with van der Waals surface area (Å²) >= 11 is 3.07. The summed E-state index contributed by atoms with van der Waals surface area (Å²) in [5, 5.41) is 3.48. The number of aryl methyl sites for hydroxylation is 3. The zero-order valence-electron chi connectivity index (χ0n) is 12.6. The predicted octanol–water partition coefficient (Wildman–Crippen LogP) is 4.56. The molecule has 1 aliphatic rings. The number of benzene rings is 1. The van der Waals surface area contributed by atoms with Gasteiger partial charge in [-0.25, -0.2) is 4.99 Å². The van der Waals surface area contributed by atoms with Crippen LogP contribution in [0.5, 0.6) is 0 Å². The van der Waals surface area contributed by atoms with Gasteiger partial charge in [-0.3, -0.25) is 4.79 Å². The summed E-state index contributed by atoms with van der Waals surface area (Å²) in [6.07, 6.45) is 1.92. The van der Waals surface area contributed by atoms with Crippen LogP contribution in [0.1, 0.15) is 20.9 Å². The van der Waals surface area contributed by atoms with Gasteiger partial charge in [-0.1, -0.05) is 18.2 Å². The zero-order chi connectivity index (χ0) is 15.7. The van der Waals surface area contributed by atoms with E-state index in [2.05, 4.69) is 23.3 Å². The molecular formula is C17H16N2OS2. The number of hydrogen-bond donors (Lipinski definition) is 1. The molecule has 0 spiro atoms. The number of para-hydroxylation sites is 1. The fourth-order valence-corrected chi connectivity index (χ4v) is 3.94. The van der Waals surface area contributed by atoms with Crippen LogP contribution in [-0.4, -0.2) is 11.1 Å². The van der Waals surface area contributed by atoms with Crippen molar-refractivity contribution < 1.29 is 4.79 Å². The predicted molar refractivity (Wildman–Crippen MR) is 95.8 cm³/mol. The number of nitrogens with zero attached hydrogens (tertiary/aromatic N) is 1. The molecule has 0 saturated carbocycles. The number of amidine groups is 1. The van der Waals surface area contributed by atoms with Crippen molar-refractivity contribution in [1.29, 1.82) is 0 Å². The first kappa shape index (κ1) is 15.1. The van der Waals surface area contributed by atoms with Crippen molar-refractivity contribution in [3.05, 3.63) is 56.1 Å². The molecule has 3 nitrogen and oxygen atoms in total. The highest BCUT2D eigenvalue weighted by Gasteiger charge is 2.24. The lowest BCUT2D eigenvalue weighted by molar-refractivity contribution is -0.115. The molecular weight excluding hydrogens is 312 g/mol. The normalized spacial score (nSPS) is 18.2. The van der Waals surface area contributed by atoms with Crippen molar-refractivity contribution in [2.24, 2.45) is 4.99 Å². The highest BCUT2D eigenvalue weighted by molar-refractivity contribution is 8.18. The number of hydrogen-bond acceptors (Lipinski definition) is 4. The molecule has 1 fully saturated rings. The minimum atomic E-state index is -0.0824. The average molecular weight is 328 g/mol. The first-order valence-electron chi connectivity index (χ1n) is 6.95. The Morgan fingerprint density at radius 2 is 1.82 bits per heavy atom. The molecule has 1 aliphatic heterocycles. The lowest BCUT2D eigenvalue weighted by atomic mass is 10.1.